The highest BCUT2D eigenvalue weighted by molar-refractivity contribution is 8.00. The zero-order valence-corrected chi connectivity index (χ0v) is 9.32. The molecule has 0 aromatic rings. The topological polar surface area (TPSA) is 21.3 Å². The molecule has 2 aliphatic rings. The lowest BCUT2D eigenvalue weighted by Crippen LogP contribution is -2.53. The van der Waals surface area contributed by atoms with Crippen LogP contribution in [0.2, 0.25) is 0 Å². The van der Waals surface area contributed by atoms with Crippen molar-refractivity contribution in [2.75, 3.05) is 19.0 Å². The van der Waals surface area contributed by atoms with Gasteiger partial charge in [-0.3, -0.25) is 0 Å². The van der Waals surface area contributed by atoms with Gasteiger partial charge in [-0.05, 0) is 32.4 Å². The first-order valence-corrected chi connectivity index (χ1v) is 6.19. The number of hydrogen-bond donors (Lipinski definition) is 1. The average Bonchev–Trinajstić information content (AvgIpc) is 2.55. The summed E-state index contributed by atoms with van der Waals surface area (Å²) in [4.78, 5) is 0.272. The quantitative estimate of drug-likeness (QED) is 0.699. The zero-order valence-electron chi connectivity index (χ0n) is 8.51. The summed E-state index contributed by atoms with van der Waals surface area (Å²) in [6.45, 7) is 6.53. The third-order valence-corrected chi connectivity index (χ3v) is 4.69. The van der Waals surface area contributed by atoms with Gasteiger partial charge in [-0.1, -0.05) is 0 Å². The predicted molar refractivity (Wildman–Crippen MR) is 57.0 cm³/mol. The van der Waals surface area contributed by atoms with E-state index >= 15 is 0 Å². The van der Waals surface area contributed by atoms with Crippen molar-refractivity contribution in [1.29, 1.82) is 0 Å². The average molecular weight is 201 g/mol. The molecule has 3 atom stereocenters. The molecule has 0 spiro atoms. The smallest absolute Gasteiger partial charge is 0.0670 e. The minimum Gasteiger partial charge on any atom is -0.381 e. The van der Waals surface area contributed by atoms with Gasteiger partial charge in [-0.15, -0.1) is 11.8 Å². The molecule has 2 saturated heterocycles. The number of ether oxygens (including phenoxy) is 1. The van der Waals surface area contributed by atoms with Crippen LogP contribution >= 0.6 is 11.8 Å². The maximum atomic E-state index is 5.46. The number of hydrogen-bond acceptors (Lipinski definition) is 3. The zero-order chi connectivity index (χ0) is 9.31. The van der Waals surface area contributed by atoms with Crippen molar-refractivity contribution < 1.29 is 4.74 Å². The monoisotopic (exact) mass is 201 g/mol. The maximum Gasteiger partial charge on any atom is 0.0670 e. The molecule has 13 heavy (non-hydrogen) atoms. The Balaban J connectivity index is 2.00. The van der Waals surface area contributed by atoms with Gasteiger partial charge in [0.15, 0.2) is 0 Å². The fourth-order valence-electron chi connectivity index (χ4n) is 2.26. The third-order valence-electron chi connectivity index (χ3n) is 3.19. The van der Waals surface area contributed by atoms with Crippen molar-refractivity contribution in [2.45, 2.75) is 37.6 Å². The summed E-state index contributed by atoms with van der Waals surface area (Å²) in [5, 5.41) is 3.72. The highest BCUT2D eigenvalue weighted by Gasteiger charge is 2.39. The second-order valence-corrected chi connectivity index (χ2v) is 5.90. The second kappa shape index (κ2) is 3.79. The lowest BCUT2D eigenvalue weighted by molar-refractivity contribution is 0.171. The van der Waals surface area contributed by atoms with Crippen LogP contribution in [0.4, 0.5) is 0 Å². The van der Waals surface area contributed by atoms with Crippen molar-refractivity contribution >= 4 is 11.8 Å². The van der Waals surface area contributed by atoms with E-state index in [4.69, 9.17) is 4.74 Å². The van der Waals surface area contributed by atoms with E-state index in [9.17, 15) is 0 Å². The van der Waals surface area contributed by atoms with Crippen LogP contribution in [-0.4, -0.2) is 29.9 Å². The fraction of sp³-hybridized carbons (Fsp3) is 1.00. The molecule has 2 rings (SSSR count). The van der Waals surface area contributed by atoms with E-state index in [0.29, 0.717) is 12.0 Å². The van der Waals surface area contributed by atoms with Crippen LogP contribution in [0.15, 0.2) is 0 Å². The molecule has 1 N–H and O–H groups in total. The second-order valence-electron chi connectivity index (χ2n) is 4.35. The Labute approximate surface area is 84.8 Å². The molecule has 3 heteroatoms. The highest BCUT2D eigenvalue weighted by Crippen LogP contribution is 2.38. The van der Waals surface area contributed by atoms with Crippen molar-refractivity contribution in [3.8, 4) is 0 Å². The van der Waals surface area contributed by atoms with Gasteiger partial charge < -0.3 is 10.1 Å². The summed E-state index contributed by atoms with van der Waals surface area (Å²) < 4.78 is 5.46. The van der Waals surface area contributed by atoms with Crippen LogP contribution in [0.3, 0.4) is 0 Å². The van der Waals surface area contributed by atoms with Crippen LogP contribution in [0.25, 0.3) is 0 Å². The van der Waals surface area contributed by atoms with E-state index in [2.05, 4.69) is 30.9 Å². The van der Waals surface area contributed by atoms with Crippen molar-refractivity contribution in [3.63, 3.8) is 0 Å². The van der Waals surface area contributed by atoms with Gasteiger partial charge in [-0.2, -0.15) is 0 Å². The Hall–Kier alpha value is 0.270. The van der Waals surface area contributed by atoms with Crippen LogP contribution < -0.4 is 5.32 Å². The summed E-state index contributed by atoms with van der Waals surface area (Å²) in [7, 11) is 0. The van der Waals surface area contributed by atoms with E-state index < -0.39 is 0 Å². The molecule has 2 aliphatic heterocycles. The summed E-state index contributed by atoms with van der Waals surface area (Å²) >= 11 is 2.08. The van der Waals surface area contributed by atoms with E-state index in [1.807, 2.05) is 0 Å². The van der Waals surface area contributed by atoms with E-state index in [1.54, 1.807) is 0 Å². The molecule has 0 bridgehead atoms. The first kappa shape index (κ1) is 9.81. The predicted octanol–water partition coefficient (Wildman–Crippen LogP) is 1.85. The number of rotatable bonds is 1. The van der Waals surface area contributed by atoms with Crippen LogP contribution in [-0.2, 0) is 4.74 Å². The van der Waals surface area contributed by atoms with Gasteiger partial charge in [0.1, 0.15) is 0 Å². The Bertz CT molecular complexity index is 182. The molecule has 0 radical (unpaired) electrons. The fourth-order valence-corrected chi connectivity index (χ4v) is 3.86. The lowest BCUT2D eigenvalue weighted by atomic mass is 9.98. The van der Waals surface area contributed by atoms with Crippen molar-refractivity contribution in [2.24, 2.45) is 5.92 Å². The van der Waals surface area contributed by atoms with E-state index in [1.165, 1.54) is 18.6 Å². The molecule has 0 aromatic carbocycles. The van der Waals surface area contributed by atoms with Gasteiger partial charge in [0, 0.05) is 18.6 Å². The van der Waals surface area contributed by atoms with Gasteiger partial charge in [0.05, 0.1) is 11.5 Å². The lowest BCUT2D eigenvalue weighted by Gasteiger charge is -2.41. The standard InChI is InChI=1S/C10H19NOS/c1-8-4-6-13-10(2,11-8)9-3-5-12-7-9/h8-9,11H,3-7H2,1-2H3. The van der Waals surface area contributed by atoms with Crippen LogP contribution in [0, 0.1) is 5.92 Å². The Morgan fingerprint density at radius 3 is 2.92 bits per heavy atom. The molecule has 3 unspecified atom stereocenters. The molecule has 0 aliphatic carbocycles. The first-order valence-electron chi connectivity index (χ1n) is 5.20. The molecule has 76 valence electrons. The summed E-state index contributed by atoms with van der Waals surface area (Å²) in [6, 6.07) is 0.673. The molecule has 2 heterocycles. The molecular formula is C10H19NOS. The largest absolute Gasteiger partial charge is 0.381 e. The summed E-state index contributed by atoms with van der Waals surface area (Å²) in [5.74, 6) is 2.00. The molecular weight excluding hydrogens is 182 g/mol. The highest BCUT2D eigenvalue weighted by atomic mass is 32.2. The third kappa shape index (κ3) is 2.03. The van der Waals surface area contributed by atoms with Gasteiger partial charge >= 0.3 is 0 Å². The summed E-state index contributed by atoms with van der Waals surface area (Å²) in [6.07, 6.45) is 2.52. The molecule has 0 amide bonds. The molecule has 0 aromatic heterocycles. The van der Waals surface area contributed by atoms with Crippen molar-refractivity contribution in [1.82, 2.24) is 5.32 Å². The van der Waals surface area contributed by atoms with Crippen molar-refractivity contribution in [3.05, 3.63) is 0 Å². The minimum atomic E-state index is 0.272. The van der Waals surface area contributed by atoms with E-state index in [-0.39, 0.29) is 4.87 Å². The molecule has 2 fully saturated rings. The minimum absolute atomic E-state index is 0.272. The Morgan fingerprint density at radius 2 is 2.31 bits per heavy atom. The first-order chi connectivity index (χ1) is 6.21. The number of nitrogens with one attached hydrogen (secondary N) is 1. The Kier molecular flexibility index (Phi) is 2.86. The van der Waals surface area contributed by atoms with E-state index in [0.717, 1.165) is 13.2 Å². The molecule has 0 saturated carbocycles. The molecule has 2 nitrogen and oxygen atoms in total. The Morgan fingerprint density at radius 1 is 1.46 bits per heavy atom. The normalized spacial score (nSPS) is 46.6. The van der Waals surface area contributed by atoms with Crippen LogP contribution in [0.1, 0.15) is 26.7 Å². The number of thioether (sulfide) groups is 1. The van der Waals surface area contributed by atoms with Gasteiger partial charge in [0.25, 0.3) is 0 Å². The SMILES string of the molecule is CC1CCSC(C)(C2CCOC2)N1. The van der Waals surface area contributed by atoms with Gasteiger partial charge in [-0.25, -0.2) is 0 Å². The maximum absolute atomic E-state index is 5.46. The summed E-state index contributed by atoms with van der Waals surface area (Å²) in [5.41, 5.74) is 0. The van der Waals surface area contributed by atoms with Crippen LogP contribution in [0.5, 0.6) is 0 Å². The van der Waals surface area contributed by atoms with Gasteiger partial charge in [0.2, 0.25) is 0 Å².